The van der Waals surface area contributed by atoms with Gasteiger partial charge < -0.3 is 13.9 Å². The van der Waals surface area contributed by atoms with Crippen LogP contribution in [0.3, 0.4) is 0 Å². The van der Waals surface area contributed by atoms with E-state index in [2.05, 4.69) is 90.0 Å². The van der Waals surface area contributed by atoms with E-state index in [1.807, 2.05) is 0 Å². The van der Waals surface area contributed by atoms with E-state index in [1.165, 1.54) is 34.0 Å². The maximum atomic E-state index is 10.8. The largest absolute Gasteiger partial charge is 0.491 e. The quantitative estimate of drug-likeness (QED) is 0.162. The molecule has 0 saturated heterocycles. The van der Waals surface area contributed by atoms with E-state index in [1.54, 1.807) is 12.1 Å². The first-order chi connectivity index (χ1) is 16.9. The molecule has 192 valence electrons. The molecule has 0 radical (unpaired) electrons. The van der Waals surface area contributed by atoms with Gasteiger partial charge in [0.05, 0.1) is 6.61 Å². The molecule has 5 nitrogen and oxygen atoms in total. The highest BCUT2D eigenvalue weighted by Crippen LogP contribution is 2.37. The molecular formula is C30H39NO4Si. The van der Waals surface area contributed by atoms with Gasteiger partial charge in [-0.25, -0.2) is 4.98 Å². The second-order valence-electron chi connectivity index (χ2n) is 10.8. The monoisotopic (exact) mass is 505 g/mol. The lowest BCUT2D eigenvalue weighted by atomic mass is 9.90. The van der Waals surface area contributed by atoms with Crippen molar-refractivity contribution in [1.82, 2.24) is 4.98 Å². The Kier molecular flexibility index (Phi) is 8.74. The highest BCUT2D eigenvalue weighted by atomic mass is 28.4. The van der Waals surface area contributed by atoms with Crippen molar-refractivity contribution in [3.63, 3.8) is 0 Å². The zero-order chi connectivity index (χ0) is 26.5. The normalized spacial score (nSPS) is 11.9. The molecule has 0 amide bonds. The third kappa shape index (κ3) is 6.62. The predicted molar refractivity (Wildman–Crippen MR) is 149 cm³/mol. The molecule has 0 aliphatic heterocycles. The lowest BCUT2D eigenvalue weighted by Crippen LogP contribution is -2.41. The molecule has 1 heterocycles. The third-order valence-corrected chi connectivity index (χ3v) is 11.7. The summed E-state index contributed by atoms with van der Waals surface area (Å²) in [6.45, 7) is 19.2. The van der Waals surface area contributed by atoms with E-state index >= 15 is 0 Å². The predicted octanol–water partition coefficient (Wildman–Crippen LogP) is 7.47. The number of hydrogen-bond donors (Lipinski definition) is 0. The van der Waals surface area contributed by atoms with Gasteiger partial charge in [-0.2, -0.15) is 0 Å². The number of benzene rings is 2. The van der Waals surface area contributed by atoms with Gasteiger partial charge in [-0.15, -0.1) is 0 Å². The van der Waals surface area contributed by atoms with Gasteiger partial charge in [-0.05, 0) is 90.5 Å². The molecule has 0 N–H and O–H groups in total. The molecule has 0 bridgehead atoms. The summed E-state index contributed by atoms with van der Waals surface area (Å²) in [5, 5.41) is 0.191. The van der Waals surface area contributed by atoms with Crippen molar-refractivity contribution in [2.45, 2.75) is 66.3 Å². The van der Waals surface area contributed by atoms with Crippen LogP contribution in [0.2, 0.25) is 18.1 Å². The van der Waals surface area contributed by atoms with Crippen molar-refractivity contribution < 1.29 is 18.7 Å². The fourth-order valence-corrected chi connectivity index (χ4v) is 4.94. The van der Waals surface area contributed by atoms with Crippen molar-refractivity contribution in [3.05, 3.63) is 76.5 Å². The Hall–Kier alpha value is -2.96. The number of aryl methyl sites for hydroxylation is 2. The number of carbonyl (C=O) groups is 1. The lowest BCUT2D eigenvalue weighted by Gasteiger charge is -2.36. The third-order valence-electron chi connectivity index (χ3n) is 7.11. The smallest absolute Gasteiger partial charge is 0.213 e. The Labute approximate surface area is 217 Å². The summed E-state index contributed by atoms with van der Waals surface area (Å²) in [4.78, 5) is 15.0. The molecular weight excluding hydrogens is 466 g/mol. The van der Waals surface area contributed by atoms with Crippen molar-refractivity contribution in [3.8, 4) is 22.8 Å². The van der Waals surface area contributed by atoms with Gasteiger partial charge in [0, 0.05) is 17.8 Å². The van der Waals surface area contributed by atoms with E-state index in [-0.39, 0.29) is 5.04 Å². The van der Waals surface area contributed by atoms with Crippen LogP contribution in [0, 0.1) is 20.8 Å². The van der Waals surface area contributed by atoms with Gasteiger partial charge >= 0.3 is 0 Å². The minimum Gasteiger partial charge on any atom is -0.491 e. The van der Waals surface area contributed by atoms with Crippen LogP contribution in [0.1, 0.15) is 53.4 Å². The molecule has 0 aliphatic carbocycles. The van der Waals surface area contributed by atoms with Crippen LogP contribution >= 0.6 is 0 Å². The van der Waals surface area contributed by atoms with Crippen LogP contribution in [0.4, 0.5) is 0 Å². The summed E-state index contributed by atoms with van der Waals surface area (Å²) in [5.74, 6) is 1.37. The average molecular weight is 506 g/mol. The van der Waals surface area contributed by atoms with Gasteiger partial charge in [0.25, 0.3) is 0 Å². The number of nitrogens with zero attached hydrogens (tertiary/aromatic N) is 1. The van der Waals surface area contributed by atoms with Gasteiger partial charge in [0.2, 0.25) is 5.88 Å². The second-order valence-corrected chi connectivity index (χ2v) is 15.6. The van der Waals surface area contributed by atoms with E-state index in [0.717, 1.165) is 17.6 Å². The van der Waals surface area contributed by atoms with E-state index in [9.17, 15) is 4.79 Å². The number of aldehydes is 1. The number of aromatic nitrogens is 1. The minimum absolute atomic E-state index is 0.191. The van der Waals surface area contributed by atoms with Crippen LogP contribution in [-0.2, 0) is 11.0 Å². The fourth-order valence-electron chi connectivity index (χ4n) is 3.91. The highest BCUT2D eigenvalue weighted by molar-refractivity contribution is 6.74. The van der Waals surface area contributed by atoms with Gasteiger partial charge in [0.1, 0.15) is 19.0 Å². The Balaban J connectivity index is 1.71. The van der Waals surface area contributed by atoms with E-state index in [4.69, 9.17) is 13.9 Å². The molecule has 0 fully saturated rings. The summed E-state index contributed by atoms with van der Waals surface area (Å²) in [6.07, 6.45) is 2.29. The Morgan fingerprint density at radius 3 is 2.22 bits per heavy atom. The first-order valence-electron chi connectivity index (χ1n) is 12.4. The molecule has 0 atom stereocenters. The SMILES string of the molecule is Cc1cc(OCCO[Si](C)(C)C(C)(C)C)cc(C)c1-c1cccc(COc2ccc(C=O)cn2)c1C. The summed E-state index contributed by atoms with van der Waals surface area (Å²) < 4.78 is 18.2. The van der Waals surface area contributed by atoms with Crippen LogP contribution in [0.15, 0.2) is 48.7 Å². The van der Waals surface area contributed by atoms with Crippen LogP contribution in [0.25, 0.3) is 11.1 Å². The molecule has 0 unspecified atom stereocenters. The van der Waals surface area contributed by atoms with E-state index in [0.29, 0.717) is 31.3 Å². The molecule has 1 aromatic heterocycles. The highest BCUT2D eigenvalue weighted by Gasteiger charge is 2.36. The number of rotatable bonds is 10. The van der Waals surface area contributed by atoms with Crippen LogP contribution < -0.4 is 9.47 Å². The number of pyridine rings is 1. The van der Waals surface area contributed by atoms with E-state index < -0.39 is 8.32 Å². The minimum atomic E-state index is -1.77. The first-order valence-corrected chi connectivity index (χ1v) is 15.3. The molecule has 2 aromatic carbocycles. The Morgan fingerprint density at radius 2 is 1.64 bits per heavy atom. The van der Waals surface area contributed by atoms with Crippen molar-refractivity contribution in [2.24, 2.45) is 0 Å². The Bertz CT molecular complexity index is 1170. The maximum Gasteiger partial charge on any atom is 0.213 e. The van der Waals surface area contributed by atoms with Gasteiger partial charge in [-0.3, -0.25) is 4.79 Å². The van der Waals surface area contributed by atoms with Gasteiger partial charge in [0.15, 0.2) is 14.6 Å². The molecule has 36 heavy (non-hydrogen) atoms. The number of hydrogen-bond acceptors (Lipinski definition) is 5. The molecule has 6 heteroatoms. The van der Waals surface area contributed by atoms with Crippen LogP contribution in [0.5, 0.6) is 11.6 Å². The number of carbonyl (C=O) groups excluding carboxylic acids is 1. The molecule has 0 aliphatic rings. The second kappa shape index (κ2) is 11.4. The standard InChI is InChI=1S/C30H39NO4Si/c1-21-16-26(33-14-15-35-36(7,8)30(4,5)6)17-22(2)29(21)27-11-9-10-25(23(27)3)20-34-28-13-12-24(19-32)18-31-28/h9-13,16-19H,14-15,20H2,1-8H3. The van der Waals surface area contributed by atoms with Crippen molar-refractivity contribution in [1.29, 1.82) is 0 Å². The number of ether oxygens (including phenoxy) is 2. The summed E-state index contributed by atoms with van der Waals surface area (Å²) >= 11 is 0. The summed E-state index contributed by atoms with van der Waals surface area (Å²) in [7, 11) is -1.77. The average Bonchev–Trinajstić information content (AvgIpc) is 2.81. The topological polar surface area (TPSA) is 57.7 Å². The van der Waals surface area contributed by atoms with Crippen molar-refractivity contribution in [2.75, 3.05) is 13.2 Å². The fraction of sp³-hybridized carbons (Fsp3) is 0.400. The zero-order valence-corrected chi connectivity index (χ0v) is 23.9. The van der Waals surface area contributed by atoms with Crippen molar-refractivity contribution >= 4 is 14.6 Å². The molecule has 3 rings (SSSR count). The zero-order valence-electron chi connectivity index (χ0n) is 22.9. The van der Waals surface area contributed by atoms with Gasteiger partial charge in [-0.1, -0.05) is 39.0 Å². The lowest BCUT2D eigenvalue weighted by molar-refractivity contribution is 0.112. The summed E-state index contributed by atoms with van der Waals surface area (Å²) in [6, 6.07) is 13.9. The summed E-state index contributed by atoms with van der Waals surface area (Å²) in [5.41, 5.74) is 7.53. The Morgan fingerprint density at radius 1 is 0.944 bits per heavy atom. The maximum absolute atomic E-state index is 10.8. The van der Waals surface area contributed by atoms with Crippen LogP contribution in [-0.4, -0.2) is 32.8 Å². The molecule has 0 saturated carbocycles. The molecule has 0 spiro atoms. The molecule has 3 aromatic rings. The first kappa shape index (κ1) is 27.6.